The number of morpholine rings is 1. The molecule has 2 saturated heterocycles. The van der Waals surface area contributed by atoms with Gasteiger partial charge in [-0.05, 0) is 37.1 Å². The minimum atomic E-state index is 0.0719. The lowest BCUT2D eigenvalue weighted by atomic mass is 10.1. The Labute approximate surface area is 168 Å². The van der Waals surface area contributed by atoms with Gasteiger partial charge in [0.1, 0.15) is 5.01 Å². The van der Waals surface area contributed by atoms with Gasteiger partial charge >= 0.3 is 0 Å². The van der Waals surface area contributed by atoms with Crippen LogP contribution in [0.5, 0.6) is 0 Å². The van der Waals surface area contributed by atoms with E-state index in [0.29, 0.717) is 13.2 Å². The van der Waals surface area contributed by atoms with Gasteiger partial charge in [-0.15, -0.1) is 11.3 Å². The molecule has 2 aliphatic heterocycles. The molecule has 144 valence electrons. The predicted octanol–water partition coefficient (Wildman–Crippen LogP) is 4.11. The fourth-order valence-electron chi connectivity index (χ4n) is 4.19. The fraction of sp³-hybridized carbons (Fsp3) is 0.364. The lowest BCUT2D eigenvalue weighted by Gasteiger charge is -2.31. The topological polar surface area (TPSA) is 45.7 Å². The summed E-state index contributed by atoms with van der Waals surface area (Å²) in [7, 11) is 0. The number of hydrogen-bond donors (Lipinski definition) is 0. The van der Waals surface area contributed by atoms with Gasteiger partial charge in [0.05, 0.1) is 35.0 Å². The minimum absolute atomic E-state index is 0.0719. The smallest absolute Gasteiger partial charge is 0.256 e. The number of carbonyl (C=O) groups excluding carboxylic acids is 1. The van der Waals surface area contributed by atoms with Crippen LogP contribution >= 0.6 is 11.3 Å². The molecule has 1 amide bonds. The molecule has 1 atom stereocenters. The van der Waals surface area contributed by atoms with Crippen molar-refractivity contribution in [3.05, 3.63) is 59.1 Å². The van der Waals surface area contributed by atoms with E-state index in [1.807, 2.05) is 41.3 Å². The monoisotopic (exact) mass is 393 g/mol. The highest BCUT2D eigenvalue weighted by Crippen LogP contribution is 2.38. The van der Waals surface area contributed by atoms with E-state index in [-0.39, 0.29) is 11.9 Å². The quantitative estimate of drug-likeness (QED) is 0.672. The number of likely N-dealkylation sites (tertiary alicyclic amines) is 1. The van der Waals surface area contributed by atoms with Crippen LogP contribution in [0.15, 0.2) is 48.5 Å². The van der Waals surface area contributed by atoms with Crippen molar-refractivity contribution in [2.24, 2.45) is 0 Å². The third kappa shape index (κ3) is 3.16. The molecule has 0 aliphatic carbocycles. The summed E-state index contributed by atoms with van der Waals surface area (Å²) in [5, 5.41) is 1.05. The molecule has 5 rings (SSSR count). The van der Waals surface area contributed by atoms with Crippen molar-refractivity contribution < 1.29 is 9.53 Å². The third-order valence-corrected chi connectivity index (χ3v) is 6.73. The highest BCUT2D eigenvalue weighted by molar-refractivity contribution is 7.18. The summed E-state index contributed by atoms with van der Waals surface area (Å²) in [6, 6.07) is 16.3. The Kier molecular flexibility index (Phi) is 4.74. The van der Waals surface area contributed by atoms with E-state index >= 15 is 0 Å². The molecule has 1 aromatic heterocycles. The van der Waals surface area contributed by atoms with Crippen molar-refractivity contribution in [2.45, 2.75) is 18.9 Å². The van der Waals surface area contributed by atoms with Crippen molar-refractivity contribution in [3.8, 4) is 0 Å². The number of amides is 1. The second-order valence-corrected chi connectivity index (χ2v) is 8.36. The Morgan fingerprint density at radius 1 is 1.04 bits per heavy atom. The molecule has 1 unspecified atom stereocenters. The number of thiazole rings is 1. The van der Waals surface area contributed by atoms with Crippen molar-refractivity contribution >= 4 is 33.1 Å². The maximum absolute atomic E-state index is 13.6. The van der Waals surface area contributed by atoms with Crippen LogP contribution in [0.1, 0.15) is 34.2 Å². The second kappa shape index (κ2) is 7.53. The standard InChI is InChI=1S/C22H23N3O2S/c26-22(16-6-1-3-8-18(16)24-12-14-27-15-13-24)25-11-5-9-19(25)21-23-17-7-2-4-10-20(17)28-21/h1-4,6-8,10,19H,5,9,11-15H2. The van der Waals surface area contributed by atoms with Gasteiger partial charge in [-0.1, -0.05) is 24.3 Å². The SMILES string of the molecule is O=C(c1ccccc1N1CCOCC1)N1CCCC1c1nc2ccccc2s1. The van der Waals surface area contributed by atoms with Crippen LogP contribution < -0.4 is 4.90 Å². The zero-order chi connectivity index (χ0) is 18.9. The number of anilines is 1. The zero-order valence-corrected chi connectivity index (χ0v) is 16.5. The molecule has 5 nitrogen and oxygen atoms in total. The first-order valence-corrected chi connectivity index (χ1v) is 10.7. The van der Waals surface area contributed by atoms with Crippen LogP contribution in [-0.2, 0) is 4.74 Å². The van der Waals surface area contributed by atoms with Crippen molar-refractivity contribution in [2.75, 3.05) is 37.7 Å². The Bertz CT molecular complexity index is 963. The van der Waals surface area contributed by atoms with Crippen LogP contribution in [0.3, 0.4) is 0 Å². The number of fused-ring (bicyclic) bond motifs is 1. The first kappa shape index (κ1) is 17.6. The maximum atomic E-state index is 13.6. The van der Waals surface area contributed by atoms with Gasteiger partial charge in [0, 0.05) is 25.3 Å². The normalized spacial score (nSPS) is 20.1. The second-order valence-electron chi connectivity index (χ2n) is 7.29. The number of rotatable bonds is 3. The lowest BCUT2D eigenvalue weighted by Crippen LogP contribution is -2.38. The van der Waals surface area contributed by atoms with Gasteiger partial charge in [0.15, 0.2) is 0 Å². The van der Waals surface area contributed by atoms with Crippen LogP contribution in [0.4, 0.5) is 5.69 Å². The number of hydrogen-bond acceptors (Lipinski definition) is 5. The van der Waals surface area contributed by atoms with Crippen molar-refractivity contribution in [1.82, 2.24) is 9.88 Å². The summed E-state index contributed by atoms with van der Waals surface area (Å²) in [4.78, 5) is 22.7. The van der Waals surface area contributed by atoms with Gasteiger partial charge in [0.2, 0.25) is 0 Å². The van der Waals surface area contributed by atoms with Gasteiger partial charge in [-0.25, -0.2) is 4.98 Å². The molecule has 6 heteroatoms. The molecular formula is C22H23N3O2S. The number of ether oxygens (including phenoxy) is 1. The van der Waals surface area contributed by atoms with Crippen molar-refractivity contribution in [3.63, 3.8) is 0 Å². The number of para-hydroxylation sites is 2. The lowest BCUT2D eigenvalue weighted by molar-refractivity contribution is 0.0735. The average Bonchev–Trinajstić information content (AvgIpc) is 3.40. The van der Waals surface area contributed by atoms with Gasteiger partial charge in [-0.2, -0.15) is 0 Å². The number of benzene rings is 2. The molecular weight excluding hydrogens is 370 g/mol. The third-order valence-electron chi connectivity index (χ3n) is 5.60. The Balaban J connectivity index is 1.46. The maximum Gasteiger partial charge on any atom is 0.256 e. The highest BCUT2D eigenvalue weighted by Gasteiger charge is 2.34. The Morgan fingerprint density at radius 3 is 2.68 bits per heavy atom. The van der Waals surface area contributed by atoms with E-state index in [1.54, 1.807) is 11.3 Å². The molecule has 0 saturated carbocycles. The Morgan fingerprint density at radius 2 is 1.82 bits per heavy atom. The van der Waals surface area contributed by atoms with Crippen LogP contribution in [0.25, 0.3) is 10.2 Å². The van der Waals surface area contributed by atoms with Gasteiger partial charge in [-0.3, -0.25) is 4.79 Å². The number of aromatic nitrogens is 1. The molecule has 3 aromatic rings. The first-order chi connectivity index (χ1) is 13.8. The van der Waals surface area contributed by atoms with E-state index in [0.717, 1.165) is 54.3 Å². The van der Waals surface area contributed by atoms with Crippen LogP contribution in [0.2, 0.25) is 0 Å². The predicted molar refractivity (Wildman–Crippen MR) is 112 cm³/mol. The summed E-state index contributed by atoms with van der Waals surface area (Å²) in [6.07, 6.45) is 2.00. The van der Waals surface area contributed by atoms with Gasteiger partial charge in [0.25, 0.3) is 5.91 Å². The van der Waals surface area contributed by atoms with E-state index < -0.39 is 0 Å². The highest BCUT2D eigenvalue weighted by atomic mass is 32.1. The molecule has 28 heavy (non-hydrogen) atoms. The molecule has 0 radical (unpaired) electrons. The van der Waals surface area contributed by atoms with E-state index in [2.05, 4.69) is 17.0 Å². The summed E-state index contributed by atoms with van der Waals surface area (Å²) in [5.74, 6) is 0.115. The van der Waals surface area contributed by atoms with Gasteiger partial charge < -0.3 is 14.5 Å². The molecule has 2 aromatic carbocycles. The Hall–Kier alpha value is -2.44. The first-order valence-electron chi connectivity index (χ1n) is 9.89. The molecule has 2 aliphatic rings. The number of carbonyl (C=O) groups is 1. The van der Waals surface area contributed by atoms with Crippen LogP contribution in [-0.4, -0.2) is 48.6 Å². The minimum Gasteiger partial charge on any atom is -0.378 e. The molecule has 3 heterocycles. The largest absolute Gasteiger partial charge is 0.378 e. The fourth-order valence-corrected chi connectivity index (χ4v) is 5.30. The molecule has 0 N–H and O–H groups in total. The van der Waals surface area contributed by atoms with Crippen LogP contribution in [0, 0.1) is 0 Å². The molecule has 0 spiro atoms. The zero-order valence-electron chi connectivity index (χ0n) is 15.7. The summed E-state index contributed by atoms with van der Waals surface area (Å²) in [6.45, 7) is 3.86. The summed E-state index contributed by atoms with van der Waals surface area (Å²) < 4.78 is 6.67. The molecule has 0 bridgehead atoms. The van der Waals surface area contributed by atoms with E-state index in [4.69, 9.17) is 9.72 Å². The van der Waals surface area contributed by atoms with E-state index in [9.17, 15) is 4.79 Å². The average molecular weight is 394 g/mol. The summed E-state index contributed by atoms with van der Waals surface area (Å²) >= 11 is 1.71. The number of nitrogens with zero attached hydrogens (tertiary/aromatic N) is 3. The summed E-state index contributed by atoms with van der Waals surface area (Å²) in [5.41, 5.74) is 2.83. The molecule has 2 fully saturated rings. The van der Waals surface area contributed by atoms with E-state index in [1.165, 1.54) is 4.70 Å². The van der Waals surface area contributed by atoms with Crippen molar-refractivity contribution in [1.29, 1.82) is 0 Å².